The van der Waals surface area contributed by atoms with Gasteiger partial charge in [0, 0.05) is 12.6 Å². The second-order valence-electron chi connectivity index (χ2n) is 2.94. The highest BCUT2D eigenvalue weighted by atomic mass is 16.5. The summed E-state index contributed by atoms with van der Waals surface area (Å²) in [7, 11) is 0. The first-order chi connectivity index (χ1) is 4.74. The van der Waals surface area contributed by atoms with Gasteiger partial charge in [-0.05, 0) is 19.8 Å². The summed E-state index contributed by atoms with van der Waals surface area (Å²) < 4.78 is 5.50. The molecule has 0 amide bonds. The highest BCUT2D eigenvalue weighted by molar-refractivity contribution is 4.78. The van der Waals surface area contributed by atoms with Crippen LogP contribution in [0.15, 0.2) is 0 Å². The van der Waals surface area contributed by atoms with Crippen LogP contribution in [0, 0.1) is 0 Å². The van der Waals surface area contributed by atoms with Crippen molar-refractivity contribution in [2.75, 3.05) is 6.54 Å². The van der Waals surface area contributed by atoms with Crippen molar-refractivity contribution in [2.24, 2.45) is 11.5 Å². The average Bonchev–Trinajstić information content (AvgIpc) is 1.95. The second-order valence-corrected chi connectivity index (χ2v) is 2.94. The monoisotopic (exact) mass is 144 g/mol. The van der Waals surface area contributed by atoms with Crippen LogP contribution in [0.25, 0.3) is 0 Å². The Labute approximate surface area is 61.7 Å². The number of hydrogen-bond donors (Lipinski definition) is 2. The Kier molecular flexibility index (Phi) is 2.65. The molecule has 4 N–H and O–H groups in total. The van der Waals surface area contributed by atoms with Gasteiger partial charge >= 0.3 is 0 Å². The average molecular weight is 144 g/mol. The third-order valence-electron chi connectivity index (χ3n) is 2.09. The third kappa shape index (κ3) is 1.68. The lowest BCUT2D eigenvalue weighted by molar-refractivity contribution is -0.0456. The summed E-state index contributed by atoms with van der Waals surface area (Å²) in [6, 6.07) is 0.211. The fraction of sp³-hybridized carbons (Fsp3) is 1.00. The Balaban J connectivity index is 2.33. The first-order valence-electron chi connectivity index (χ1n) is 3.85. The number of ether oxygens (including phenoxy) is 1. The lowest BCUT2D eigenvalue weighted by Gasteiger charge is -2.31. The van der Waals surface area contributed by atoms with Crippen molar-refractivity contribution in [1.82, 2.24) is 0 Å². The van der Waals surface area contributed by atoms with Crippen LogP contribution < -0.4 is 11.5 Å². The van der Waals surface area contributed by atoms with E-state index in [1.54, 1.807) is 0 Å². The van der Waals surface area contributed by atoms with Crippen molar-refractivity contribution in [3.05, 3.63) is 0 Å². The molecule has 3 nitrogen and oxygen atoms in total. The van der Waals surface area contributed by atoms with Gasteiger partial charge in [0.25, 0.3) is 0 Å². The summed E-state index contributed by atoms with van der Waals surface area (Å²) in [5.74, 6) is 0. The predicted octanol–water partition coefficient (Wildman–Crippen LogP) is -0.160. The van der Waals surface area contributed by atoms with Gasteiger partial charge in [-0.3, -0.25) is 0 Å². The lowest BCUT2D eigenvalue weighted by atomic mass is 10.0. The Bertz CT molecular complexity index is 108. The minimum absolute atomic E-state index is 0.183. The fourth-order valence-corrected chi connectivity index (χ4v) is 1.26. The Morgan fingerprint density at radius 2 is 2.20 bits per heavy atom. The molecule has 0 radical (unpaired) electrons. The van der Waals surface area contributed by atoms with Crippen LogP contribution in [0.4, 0.5) is 0 Å². The van der Waals surface area contributed by atoms with E-state index in [0.717, 1.165) is 12.8 Å². The lowest BCUT2D eigenvalue weighted by Crippen LogP contribution is -2.44. The summed E-state index contributed by atoms with van der Waals surface area (Å²) in [4.78, 5) is 0. The van der Waals surface area contributed by atoms with Crippen LogP contribution in [0.2, 0.25) is 0 Å². The van der Waals surface area contributed by atoms with Gasteiger partial charge in [0.15, 0.2) is 0 Å². The highest BCUT2D eigenvalue weighted by Gasteiger charge is 2.23. The molecule has 0 saturated carbocycles. The Hall–Kier alpha value is -0.120. The molecule has 0 spiro atoms. The topological polar surface area (TPSA) is 61.3 Å². The molecule has 3 atom stereocenters. The first-order valence-corrected chi connectivity index (χ1v) is 3.85. The van der Waals surface area contributed by atoms with Crippen molar-refractivity contribution in [1.29, 1.82) is 0 Å². The zero-order valence-corrected chi connectivity index (χ0v) is 6.42. The van der Waals surface area contributed by atoms with Gasteiger partial charge in [-0.2, -0.15) is 0 Å². The molecule has 60 valence electrons. The van der Waals surface area contributed by atoms with Crippen molar-refractivity contribution in [2.45, 2.75) is 38.0 Å². The molecular weight excluding hydrogens is 128 g/mol. The predicted molar refractivity (Wildman–Crippen MR) is 40.6 cm³/mol. The van der Waals surface area contributed by atoms with Gasteiger partial charge in [0.05, 0.1) is 12.2 Å². The Morgan fingerprint density at radius 3 is 2.70 bits per heavy atom. The smallest absolute Gasteiger partial charge is 0.0702 e. The third-order valence-corrected chi connectivity index (χ3v) is 2.09. The van der Waals surface area contributed by atoms with E-state index in [4.69, 9.17) is 16.2 Å². The molecule has 0 aromatic heterocycles. The van der Waals surface area contributed by atoms with Crippen LogP contribution in [-0.2, 0) is 4.74 Å². The van der Waals surface area contributed by atoms with Gasteiger partial charge in [0.1, 0.15) is 0 Å². The zero-order chi connectivity index (χ0) is 7.56. The molecule has 0 bridgehead atoms. The normalized spacial score (nSPS) is 41.7. The van der Waals surface area contributed by atoms with Gasteiger partial charge in [-0.15, -0.1) is 0 Å². The molecule has 10 heavy (non-hydrogen) atoms. The molecule has 1 saturated heterocycles. The van der Waals surface area contributed by atoms with Crippen LogP contribution in [-0.4, -0.2) is 24.8 Å². The maximum absolute atomic E-state index is 5.73. The molecule has 1 aliphatic heterocycles. The molecule has 0 aliphatic carbocycles. The number of nitrogens with two attached hydrogens (primary N) is 2. The van der Waals surface area contributed by atoms with Gasteiger partial charge < -0.3 is 16.2 Å². The molecule has 3 heteroatoms. The van der Waals surface area contributed by atoms with E-state index < -0.39 is 0 Å². The van der Waals surface area contributed by atoms with E-state index >= 15 is 0 Å². The van der Waals surface area contributed by atoms with Crippen molar-refractivity contribution in [3.8, 4) is 0 Å². The summed E-state index contributed by atoms with van der Waals surface area (Å²) >= 11 is 0. The number of rotatable bonds is 1. The molecule has 1 fully saturated rings. The Morgan fingerprint density at radius 1 is 1.50 bits per heavy atom. The summed E-state index contributed by atoms with van der Waals surface area (Å²) in [6.45, 7) is 2.63. The molecule has 0 unspecified atom stereocenters. The van der Waals surface area contributed by atoms with Gasteiger partial charge in [0.2, 0.25) is 0 Å². The van der Waals surface area contributed by atoms with Crippen LogP contribution in [0.5, 0.6) is 0 Å². The van der Waals surface area contributed by atoms with E-state index in [0.29, 0.717) is 6.54 Å². The summed E-state index contributed by atoms with van der Waals surface area (Å²) in [6.07, 6.45) is 2.49. The molecule has 0 aromatic rings. The zero-order valence-electron chi connectivity index (χ0n) is 6.42. The molecule has 0 aromatic carbocycles. The van der Waals surface area contributed by atoms with E-state index in [1.807, 2.05) is 6.92 Å². The van der Waals surface area contributed by atoms with Crippen molar-refractivity contribution >= 4 is 0 Å². The first kappa shape index (κ1) is 7.98. The minimum Gasteiger partial charge on any atom is -0.372 e. The summed E-state index contributed by atoms with van der Waals surface area (Å²) in [5.41, 5.74) is 11.2. The maximum atomic E-state index is 5.73. The van der Waals surface area contributed by atoms with E-state index in [9.17, 15) is 0 Å². The van der Waals surface area contributed by atoms with Crippen molar-refractivity contribution in [3.63, 3.8) is 0 Å². The molecular formula is C7H16N2O. The molecule has 1 rings (SSSR count). The van der Waals surface area contributed by atoms with Crippen LogP contribution in [0.3, 0.4) is 0 Å². The van der Waals surface area contributed by atoms with Gasteiger partial charge in [-0.1, -0.05) is 0 Å². The van der Waals surface area contributed by atoms with Crippen LogP contribution in [0.1, 0.15) is 19.8 Å². The van der Waals surface area contributed by atoms with E-state index in [-0.39, 0.29) is 18.2 Å². The number of hydrogen-bond acceptors (Lipinski definition) is 3. The van der Waals surface area contributed by atoms with E-state index in [2.05, 4.69) is 0 Å². The van der Waals surface area contributed by atoms with Crippen LogP contribution >= 0.6 is 0 Å². The minimum atomic E-state index is 0.183. The fourth-order valence-electron chi connectivity index (χ4n) is 1.26. The maximum Gasteiger partial charge on any atom is 0.0702 e. The highest BCUT2D eigenvalue weighted by Crippen LogP contribution is 2.16. The summed E-state index contributed by atoms with van der Waals surface area (Å²) in [5, 5.41) is 0. The SMILES string of the molecule is C[C@H]1O[C@H](CN)CC[C@H]1N. The van der Waals surface area contributed by atoms with E-state index in [1.165, 1.54) is 0 Å². The second kappa shape index (κ2) is 3.32. The largest absolute Gasteiger partial charge is 0.372 e. The standard InChI is InChI=1S/C7H16N2O/c1-5-7(9)3-2-6(4-8)10-5/h5-7H,2-4,8-9H2,1H3/t5-,6+,7-/m1/s1. The van der Waals surface area contributed by atoms with Crippen molar-refractivity contribution < 1.29 is 4.74 Å². The molecule has 1 aliphatic rings. The quantitative estimate of drug-likeness (QED) is 0.537. The molecule has 1 heterocycles. The van der Waals surface area contributed by atoms with Gasteiger partial charge in [-0.25, -0.2) is 0 Å².